The number of benzene rings is 2. The van der Waals surface area contributed by atoms with Crippen LogP contribution in [-0.4, -0.2) is 57.9 Å². The van der Waals surface area contributed by atoms with Crippen LogP contribution >= 0.6 is 0 Å². The Morgan fingerprint density at radius 3 is 1.59 bits per heavy atom. The number of likely N-dealkylation sites (N-methyl/N-ethyl adjacent to an activating group) is 1. The minimum absolute atomic E-state index is 0.0160. The number of carbonyl (C=O) groups excluding carboxylic acids is 1. The normalized spacial score (nSPS) is 11.5. The number of nitro benzene ring substituents is 4. The topological polar surface area (TPSA) is 214 Å². The number of hydrogen-bond acceptors (Lipinski definition) is 11. The van der Waals surface area contributed by atoms with Gasteiger partial charge in [0.2, 0.25) is 0 Å². The van der Waals surface area contributed by atoms with Gasteiger partial charge in [-0.3, -0.25) is 40.5 Å². The van der Waals surface area contributed by atoms with Gasteiger partial charge in [-0.1, -0.05) is 20.3 Å². The highest BCUT2D eigenvalue weighted by Crippen LogP contribution is 2.53. The Hall–Kier alpha value is -4.73. The van der Waals surface area contributed by atoms with Gasteiger partial charge in [0.15, 0.2) is 0 Å². The van der Waals surface area contributed by atoms with E-state index in [4.69, 9.17) is 0 Å². The largest absolute Gasteiger partial charge is 0.453 e. The Bertz CT molecular complexity index is 1180. The molecule has 0 aromatic heterocycles. The van der Waals surface area contributed by atoms with Crippen molar-refractivity contribution < 1.29 is 29.2 Å². The fraction of sp³-hybridized carbons (Fsp3) is 0.381. The molecule has 0 heterocycles. The first-order valence-electron chi connectivity index (χ1n) is 10.9. The number of nitrogens with one attached hydrogen (secondary N) is 1. The summed E-state index contributed by atoms with van der Waals surface area (Å²) in [6.45, 7) is 4.32. The SMILES string of the molecule is CCC.COC(=O)N(C)CCNC1c2cc([N+](=O)[O-])cc([N+](=O)[O-])c2-c2c1cc([N+](=O)[O-])cc2[N+](=O)[O-]. The maximum Gasteiger partial charge on any atom is 0.409 e. The Kier molecular flexibility index (Phi) is 9.09. The molecule has 2 aromatic rings. The maximum absolute atomic E-state index is 11.7. The van der Waals surface area contributed by atoms with Crippen LogP contribution in [0.2, 0.25) is 0 Å². The highest BCUT2D eigenvalue weighted by atomic mass is 16.6. The van der Waals surface area contributed by atoms with Crippen molar-refractivity contribution in [1.29, 1.82) is 0 Å². The van der Waals surface area contributed by atoms with Gasteiger partial charge in [0.1, 0.15) is 0 Å². The van der Waals surface area contributed by atoms with E-state index in [1.165, 1.54) is 25.5 Å². The smallest absolute Gasteiger partial charge is 0.409 e. The van der Waals surface area contributed by atoms with Crippen molar-refractivity contribution in [3.8, 4) is 11.1 Å². The van der Waals surface area contributed by atoms with E-state index >= 15 is 0 Å². The average Bonchev–Trinajstić information content (AvgIpc) is 3.15. The lowest BCUT2D eigenvalue weighted by molar-refractivity contribution is -0.395. The zero-order chi connectivity index (χ0) is 28.0. The molecule has 1 amide bonds. The summed E-state index contributed by atoms with van der Waals surface area (Å²) in [5, 5.41) is 49.2. The summed E-state index contributed by atoms with van der Waals surface area (Å²) in [6.07, 6.45) is 0.589. The second-order valence-corrected chi connectivity index (χ2v) is 7.87. The molecule has 0 saturated heterocycles. The van der Waals surface area contributed by atoms with E-state index < -0.39 is 54.6 Å². The lowest BCUT2D eigenvalue weighted by atomic mass is 10.0. The van der Waals surface area contributed by atoms with Crippen molar-refractivity contribution in [3.05, 3.63) is 75.8 Å². The number of nitrogens with zero attached hydrogens (tertiary/aromatic N) is 5. The molecular formula is C21H24N6O10. The Morgan fingerprint density at radius 2 is 1.27 bits per heavy atom. The van der Waals surface area contributed by atoms with Gasteiger partial charge in [0, 0.05) is 32.3 Å². The standard InChI is InChI=1S/C18H16N6O10.C3H8/c1-20(18(25)34-2)4-3-19-17-11-5-9(21(26)27)7-13(23(30)31)15(11)16-12(17)6-10(22(28)29)8-14(16)24(32)33;1-3-2/h5-8,17,19H,3-4H2,1-2H3;3H2,1-2H3. The van der Waals surface area contributed by atoms with E-state index in [0.29, 0.717) is 12.1 Å². The maximum atomic E-state index is 11.7. The number of hydrogen-bond donors (Lipinski definition) is 1. The minimum Gasteiger partial charge on any atom is -0.453 e. The molecule has 1 N–H and O–H groups in total. The second kappa shape index (κ2) is 11.8. The van der Waals surface area contributed by atoms with Crippen LogP contribution in [0.4, 0.5) is 27.5 Å². The molecule has 1 aliphatic rings. The molecule has 0 unspecified atom stereocenters. The zero-order valence-corrected chi connectivity index (χ0v) is 20.3. The van der Waals surface area contributed by atoms with Crippen LogP contribution in [0.25, 0.3) is 11.1 Å². The summed E-state index contributed by atoms with van der Waals surface area (Å²) in [6, 6.07) is 2.31. The molecule has 0 bridgehead atoms. The molecular weight excluding hydrogens is 496 g/mol. The third-order valence-electron chi connectivity index (χ3n) is 5.23. The highest BCUT2D eigenvalue weighted by molar-refractivity contribution is 5.93. The van der Waals surface area contributed by atoms with Crippen molar-refractivity contribution in [2.24, 2.45) is 0 Å². The summed E-state index contributed by atoms with van der Waals surface area (Å²) >= 11 is 0. The molecule has 0 saturated carbocycles. The number of non-ortho nitro benzene ring substituents is 2. The van der Waals surface area contributed by atoms with E-state index in [2.05, 4.69) is 23.9 Å². The Labute approximate surface area is 209 Å². The van der Waals surface area contributed by atoms with Gasteiger partial charge in [-0.25, -0.2) is 4.79 Å². The molecule has 0 aliphatic heterocycles. The quantitative estimate of drug-likeness (QED) is 0.386. The van der Waals surface area contributed by atoms with E-state index in [0.717, 1.165) is 12.1 Å². The first kappa shape index (κ1) is 28.5. The third kappa shape index (κ3) is 5.92. The predicted molar refractivity (Wildman–Crippen MR) is 129 cm³/mol. The summed E-state index contributed by atoms with van der Waals surface area (Å²) in [5.74, 6) is 0. The lowest BCUT2D eigenvalue weighted by Gasteiger charge is -2.19. The van der Waals surface area contributed by atoms with Gasteiger partial charge >= 0.3 is 6.09 Å². The lowest BCUT2D eigenvalue weighted by Crippen LogP contribution is -2.35. The molecule has 16 nitrogen and oxygen atoms in total. The van der Waals surface area contributed by atoms with E-state index in [1.807, 2.05) is 0 Å². The number of carbonyl (C=O) groups is 1. The van der Waals surface area contributed by atoms with Crippen LogP contribution in [-0.2, 0) is 4.74 Å². The van der Waals surface area contributed by atoms with Gasteiger partial charge in [0.25, 0.3) is 22.7 Å². The molecule has 37 heavy (non-hydrogen) atoms. The van der Waals surface area contributed by atoms with Crippen LogP contribution in [0.1, 0.15) is 37.4 Å². The van der Waals surface area contributed by atoms with Crippen LogP contribution in [0.3, 0.4) is 0 Å². The van der Waals surface area contributed by atoms with Crippen LogP contribution in [0.5, 0.6) is 0 Å². The fourth-order valence-corrected chi connectivity index (χ4v) is 3.78. The molecule has 2 aromatic carbocycles. The molecule has 1 aliphatic carbocycles. The fourth-order valence-electron chi connectivity index (χ4n) is 3.78. The molecule has 16 heteroatoms. The molecule has 0 spiro atoms. The first-order chi connectivity index (χ1) is 17.4. The molecule has 0 atom stereocenters. The number of fused-ring (bicyclic) bond motifs is 3. The van der Waals surface area contributed by atoms with E-state index in [9.17, 15) is 45.3 Å². The predicted octanol–water partition coefficient (Wildman–Crippen LogP) is 4.09. The molecule has 198 valence electrons. The van der Waals surface area contributed by atoms with Gasteiger partial charge < -0.3 is 15.0 Å². The number of rotatable bonds is 8. The van der Waals surface area contributed by atoms with Crippen LogP contribution < -0.4 is 5.32 Å². The molecule has 0 radical (unpaired) electrons. The van der Waals surface area contributed by atoms with Gasteiger partial charge in [-0.05, 0) is 11.1 Å². The average molecular weight is 520 g/mol. The Morgan fingerprint density at radius 1 is 0.865 bits per heavy atom. The van der Waals surface area contributed by atoms with Crippen molar-refractivity contribution in [2.75, 3.05) is 27.2 Å². The third-order valence-corrected chi connectivity index (χ3v) is 5.23. The Balaban J connectivity index is 0.00000153. The molecule has 0 fully saturated rings. The van der Waals surface area contributed by atoms with Gasteiger partial charge in [-0.2, -0.15) is 0 Å². The molecule has 3 rings (SSSR count). The summed E-state index contributed by atoms with van der Waals surface area (Å²) < 4.78 is 4.57. The van der Waals surface area contributed by atoms with E-state index in [-0.39, 0.29) is 35.3 Å². The van der Waals surface area contributed by atoms with Gasteiger partial charge in [-0.15, -0.1) is 0 Å². The van der Waals surface area contributed by atoms with Gasteiger partial charge in [0.05, 0.1) is 56.1 Å². The van der Waals surface area contributed by atoms with Crippen LogP contribution in [0, 0.1) is 40.5 Å². The number of nitro groups is 4. The van der Waals surface area contributed by atoms with Crippen molar-refractivity contribution in [2.45, 2.75) is 26.3 Å². The second-order valence-electron chi connectivity index (χ2n) is 7.87. The van der Waals surface area contributed by atoms with Crippen molar-refractivity contribution in [1.82, 2.24) is 10.2 Å². The highest BCUT2D eigenvalue weighted by Gasteiger charge is 2.42. The van der Waals surface area contributed by atoms with E-state index in [1.54, 1.807) is 0 Å². The first-order valence-corrected chi connectivity index (χ1v) is 10.9. The minimum atomic E-state index is -1.10. The van der Waals surface area contributed by atoms with Crippen molar-refractivity contribution >= 4 is 28.8 Å². The monoisotopic (exact) mass is 520 g/mol. The zero-order valence-electron chi connectivity index (χ0n) is 20.3. The number of amides is 1. The summed E-state index contributed by atoms with van der Waals surface area (Å²) in [5.41, 5.74) is -3.31. The number of ether oxygens (including phenoxy) is 1. The van der Waals surface area contributed by atoms with Crippen molar-refractivity contribution in [3.63, 3.8) is 0 Å². The summed E-state index contributed by atoms with van der Waals surface area (Å²) in [4.78, 5) is 55.5. The number of methoxy groups -OCH3 is 1. The summed E-state index contributed by atoms with van der Waals surface area (Å²) in [7, 11) is 2.60. The van der Waals surface area contributed by atoms with Crippen LogP contribution in [0.15, 0.2) is 24.3 Å².